The number of carbonyl (C=O) groups excluding carboxylic acids is 5. The van der Waals surface area contributed by atoms with Gasteiger partial charge < -0.3 is 29.1 Å². The molecule has 4 amide bonds. The fraction of sp³-hybridized carbons (Fsp3) is 0.481. The molecule has 4 heterocycles. The number of aromatic hydroxyl groups is 1. The van der Waals surface area contributed by atoms with Gasteiger partial charge in [-0.15, -0.1) is 0 Å². The van der Waals surface area contributed by atoms with Crippen LogP contribution in [0.15, 0.2) is 73.3 Å². The Morgan fingerprint density at radius 1 is 0.985 bits per heavy atom. The van der Waals surface area contributed by atoms with Gasteiger partial charge >= 0.3 is 17.8 Å². The summed E-state index contributed by atoms with van der Waals surface area (Å²) < 4.78 is 9.69. The Kier molecular flexibility index (Phi) is 15.1. The largest absolute Gasteiger partial charge is 0.508 e. The number of hydrazine groups is 1. The zero-order valence-electron chi connectivity index (χ0n) is 41.2. The van der Waals surface area contributed by atoms with Gasteiger partial charge in [-0.25, -0.2) is 10.2 Å². The second-order valence-corrected chi connectivity index (χ2v) is 20.3. The van der Waals surface area contributed by atoms with Crippen molar-refractivity contribution in [2.45, 2.75) is 104 Å². The molecule has 3 atom stereocenters. The van der Waals surface area contributed by atoms with Crippen LogP contribution in [0.3, 0.4) is 0 Å². The van der Waals surface area contributed by atoms with Gasteiger partial charge in [0.15, 0.2) is 6.04 Å². The lowest BCUT2D eigenvalue weighted by Gasteiger charge is -2.36. The number of ether oxygens (including phenoxy) is 1. The molecule has 0 spiro atoms. The molecule has 6 bridgehead atoms. The summed E-state index contributed by atoms with van der Waals surface area (Å²) in [7, 11) is 5.74. The molecule has 4 aromatic rings. The van der Waals surface area contributed by atoms with Crippen LogP contribution in [0, 0.1) is 17.3 Å². The Morgan fingerprint density at radius 3 is 2.38 bits per heavy atom. The van der Waals surface area contributed by atoms with E-state index >= 15 is 0 Å². The number of hydrogen-bond acceptors (Lipinski definition) is 9. The Hall–Kier alpha value is -6.12. The summed E-state index contributed by atoms with van der Waals surface area (Å²) in [5.74, 6) is -2.63. The molecule has 1 aromatic heterocycles. The van der Waals surface area contributed by atoms with Crippen LogP contribution in [0.4, 0.5) is 0 Å². The maximum absolute atomic E-state index is 14.9. The summed E-state index contributed by atoms with van der Waals surface area (Å²) in [5, 5.41) is 13.9. The quantitative estimate of drug-likeness (QED) is 0.0794. The van der Waals surface area contributed by atoms with Crippen LogP contribution in [0.2, 0.25) is 0 Å². The van der Waals surface area contributed by atoms with Crippen LogP contribution in [0.1, 0.15) is 77.0 Å². The van der Waals surface area contributed by atoms with Crippen molar-refractivity contribution in [3.05, 3.63) is 90.0 Å². The zero-order chi connectivity index (χ0) is 49.2. The van der Waals surface area contributed by atoms with E-state index < -0.39 is 47.2 Å². The molecule has 0 saturated carbocycles. The Morgan fingerprint density at radius 2 is 1.71 bits per heavy atom. The number of nitrogens with zero attached hydrogens (tertiary/aromatic N) is 6. The molecule has 68 heavy (non-hydrogen) atoms. The molecule has 2 fully saturated rings. The average Bonchev–Trinajstić information content (AvgIpc) is 3.62. The number of phenolic OH excluding ortho intramolecular Hbond substituents is 1. The van der Waals surface area contributed by atoms with Crippen LogP contribution < -0.4 is 5.43 Å². The highest BCUT2D eigenvalue weighted by Crippen LogP contribution is 2.42. The third-order valence-corrected chi connectivity index (χ3v) is 13.9. The highest BCUT2D eigenvalue weighted by Gasteiger charge is 2.46. The smallest absolute Gasteiger partial charge is 0.409 e. The molecule has 3 aliphatic rings. The first kappa shape index (κ1) is 49.8. The predicted molar refractivity (Wildman–Crippen MR) is 265 cm³/mol. The third-order valence-electron chi connectivity index (χ3n) is 13.9. The molecule has 3 aromatic carbocycles. The molecule has 0 unspecified atom stereocenters. The number of rotatable bonds is 10. The van der Waals surface area contributed by atoms with Crippen LogP contribution >= 0.6 is 0 Å². The standard InChI is InChI=1S/C54H69N7O7/c1-11-47(63)59-24-21-36(22-25-59)50(64)58(10)48(34(3)4)52(66)57(9)46-28-35-26-39(29-40(62)27-35)37-19-20-45-42(30-37)43(49(60(45)12-2)41-17-14-13-16-38(41)32-56(7)8)31-54(5,6)33-68-53(67)44-18-15-23-61(55-44)51(46)65/h11,13-14,16-17,19-20,26-27,29-30,34,36,44,46,48,55H,1,9,12,15,18,21-25,28,31-33H2,2-8,10H3/p+1/t44-,46-,48-/m0/s1. The minimum absolute atomic E-state index is 0.00365. The number of phenols is 1. The molecule has 2 N–H and O–H groups in total. The number of esters is 1. The van der Waals surface area contributed by atoms with E-state index in [4.69, 9.17) is 4.74 Å². The second kappa shape index (κ2) is 20.6. The van der Waals surface area contributed by atoms with E-state index in [-0.39, 0.29) is 43.1 Å². The first-order valence-electron chi connectivity index (χ1n) is 24.1. The van der Waals surface area contributed by atoms with Crippen molar-refractivity contribution in [3.8, 4) is 28.1 Å². The zero-order valence-corrected chi connectivity index (χ0v) is 41.2. The lowest BCUT2D eigenvalue weighted by atomic mass is 9.84. The van der Waals surface area contributed by atoms with Crippen LogP contribution in [-0.2, 0) is 54.6 Å². The number of hydrogen-bond donors (Lipinski definition) is 2. The highest BCUT2D eigenvalue weighted by molar-refractivity contribution is 5.96. The maximum atomic E-state index is 14.9. The number of nitrogens with one attached hydrogen (secondary N) is 1. The number of piperidine rings is 1. The molecule has 0 radical (unpaired) electrons. The number of carbonyl (C=O) groups is 5. The molecule has 14 nitrogen and oxygen atoms in total. The van der Waals surface area contributed by atoms with E-state index in [9.17, 15) is 29.1 Å². The van der Waals surface area contributed by atoms with Gasteiger partial charge in [0.25, 0.3) is 0 Å². The normalized spacial score (nSPS) is 19.7. The van der Waals surface area contributed by atoms with Gasteiger partial charge in [-0.05, 0) is 117 Å². The minimum atomic E-state index is -1.20. The van der Waals surface area contributed by atoms with Gasteiger partial charge in [-0.3, -0.25) is 24.2 Å². The third kappa shape index (κ3) is 10.5. The molecule has 362 valence electrons. The monoisotopic (exact) mass is 929 g/mol. The first-order chi connectivity index (χ1) is 32.3. The number of aromatic nitrogens is 1. The summed E-state index contributed by atoms with van der Waals surface area (Å²) in [6.45, 7) is 20.5. The number of fused-ring (bicyclic) bond motifs is 6. The van der Waals surface area contributed by atoms with E-state index in [0.717, 1.165) is 45.4 Å². The first-order valence-corrected chi connectivity index (χ1v) is 24.1. The number of amides is 4. The summed E-state index contributed by atoms with van der Waals surface area (Å²) in [4.78, 5) is 75.5. The Balaban J connectivity index is 1.31. The van der Waals surface area contributed by atoms with Crippen molar-refractivity contribution in [2.75, 3.05) is 47.4 Å². The fourth-order valence-corrected chi connectivity index (χ4v) is 10.5. The number of likely N-dealkylation sites (tertiary alicyclic amines) is 1. The van der Waals surface area contributed by atoms with Crippen LogP contribution in [0.5, 0.6) is 5.75 Å². The topological polar surface area (TPSA) is 148 Å². The van der Waals surface area contributed by atoms with E-state index in [2.05, 4.69) is 106 Å². The van der Waals surface area contributed by atoms with Crippen molar-refractivity contribution >= 4 is 47.2 Å². The molecule has 7 rings (SSSR count). The average molecular weight is 929 g/mol. The maximum Gasteiger partial charge on any atom is 0.409 e. The summed E-state index contributed by atoms with van der Waals surface area (Å²) >= 11 is 0. The number of aryl methyl sites for hydroxylation is 1. The number of cyclic esters (lactones) is 1. The van der Waals surface area contributed by atoms with Gasteiger partial charge in [0.05, 0.1) is 12.3 Å². The molecular weight excluding hydrogens is 859 g/mol. The Bertz CT molecular complexity index is 2600. The van der Waals surface area contributed by atoms with Crippen LogP contribution in [0.25, 0.3) is 33.3 Å². The van der Waals surface area contributed by atoms with Gasteiger partial charge in [-0.1, -0.05) is 70.7 Å². The van der Waals surface area contributed by atoms with Gasteiger partial charge in [-0.2, -0.15) is 4.58 Å². The minimum Gasteiger partial charge on any atom is -0.508 e. The van der Waals surface area contributed by atoms with Crippen molar-refractivity contribution in [1.29, 1.82) is 0 Å². The summed E-state index contributed by atoms with van der Waals surface area (Å²) in [5.41, 5.74) is 10.5. The van der Waals surface area contributed by atoms with E-state index in [1.807, 2.05) is 19.9 Å². The van der Waals surface area contributed by atoms with Crippen molar-refractivity contribution in [3.63, 3.8) is 0 Å². The lowest BCUT2D eigenvalue weighted by molar-refractivity contribution is -0.472. The SMILES string of the molecule is C=CC(=O)N1CCC(C(=O)N(C)[C@H](C(=O)[N+](=C)[C@H]2Cc3cc(O)cc(c3)-c3ccc4c(c3)c(c(-c3ccccc3CN(C)C)n4CC)CC(C)(C)COC(=O)[C@@H]3CCCN(N3)C2=O)C(C)C)CC1. The fourth-order valence-electron chi connectivity index (χ4n) is 10.5. The van der Waals surface area contributed by atoms with Gasteiger partial charge in [0, 0.05) is 74.0 Å². The summed E-state index contributed by atoms with van der Waals surface area (Å²) in [6.07, 6.45) is 3.68. The Labute approximate surface area is 401 Å². The number of likely N-dealkylation sites (N-methyl/N-ethyl adjacent to an activating group) is 1. The van der Waals surface area contributed by atoms with Crippen LogP contribution in [-0.4, -0.2) is 136 Å². The van der Waals surface area contributed by atoms with E-state index in [1.54, 1.807) is 24.1 Å². The van der Waals surface area contributed by atoms with E-state index in [1.165, 1.54) is 26.1 Å². The van der Waals surface area contributed by atoms with Crippen molar-refractivity contribution in [1.82, 2.24) is 29.7 Å². The molecule has 14 heteroatoms. The predicted octanol–water partition coefficient (Wildman–Crippen LogP) is 6.44. The molecule has 0 aliphatic carbocycles. The molecular formula is C54H70N7O7+. The lowest BCUT2D eigenvalue weighted by Crippen LogP contribution is -2.61. The molecule has 2 saturated heterocycles. The van der Waals surface area contributed by atoms with Crippen molar-refractivity contribution < 1.29 is 38.4 Å². The van der Waals surface area contributed by atoms with Gasteiger partial charge in [0.2, 0.25) is 17.9 Å². The second-order valence-electron chi connectivity index (χ2n) is 20.3. The summed E-state index contributed by atoms with van der Waals surface area (Å²) in [6, 6.07) is 17.1. The highest BCUT2D eigenvalue weighted by atomic mass is 16.5. The van der Waals surface area contributed by atoms with Crippen molar-refractivity contribution in [2.24, 2.45) is 17.3 Å². The number of benzene rings is 3. The molecule has 3 aliphatic heterocycles. The van der Waals surface area contributed by atoms with E-state index in [0.29, 0.717) is 57.3 Å². The van der Waals surface area contributed by atoms with Gasteiger partial charge in [0.1, 0.15) is 18.5 Å².